The second kappa shape index (κ2) is 7.13. The number of rotatable bonds is 6. The van der Waals surface area contributed by atoms with Crippen molar-refractivity contribution < 1.29 is 18.8 Å². The molecule has 0 aliphatic heterocycles. The van der Waals surface area contributed by atoms with Gasteiger partial charge in [-0.1, -0.05) is 0 Å². The zero-order valence-corrected chi connectivity index (χ0v) is 12.1. The highest BCUT2D eigenvalue weighted by molar-refractivity contribution is 7.84. The van der Waals surface area contributed by atoms with E-state index >= 15 is 0 Å². The van der Waals surface area contributed by atoms with Crippen LogP contribution in [-0.2, 0) is 10.8 Å². The van der Waals surface area contributed by atoms with Crippen LogP contribution in [0.2, 0.25) is 0 Å². The SMILES string of the molecule is COc1ccc(C(=O)NC(C)CCS(C)=O)cc1O. The van der Waals surface area contributed by atoms with Crippen molar-refractivity contribution in [1.29, 1.82) is 0 Å². The van der Waals surface area contributed by atoms with Gasteiger partial charge in [-0.05, 0) is 31.5 Å². The van der Waals surface area contributed by atoms with Crippen molar-refractivity contribution in [2.45, 2.75) is 19.4 Å². The lowest BCUT2D eigenvalue weighted by atomic mass is 10.1. The first kappa shape index (κ1) is 15.5. The number of hydrogen-bond donors (Lipinski definition) is 2. The summed E-state index contributed by atoms with van der Waals surface area (Å²) in [6.07, 6.45) is 2.28. The molecule has 0 aliphatic rings. The summed E-state index contributed by atoms with van der Waals surface area (Å²) in [6, 6.07) is 4.41. The van der Waals surface area contributed by atoms with Crippen molar-refractivity contribution in [3.8, 4) is 11.5 Å². The second-order valence-electron chi connectivity index (χ2n) is 4.33. The maximum atomic E-state index is 11.9. The molecule has 1 aromatic carbocycles. The number of carbonyl (C=O) groups excluding carboxylic acids is 1. The van der Waals surface area contributed by atoms with Crippen LogP contribution >= 0.6 is 0 Å². The minimum atomic E-state index is -0.861. The maximum absolute atomic E-state index is 11.9. The van der Waals surface area contributed by atoms with Crippen molar-refractivity contribution in [2.75, 3.05) is 19.1 Å². The van der Waals surface area contributed by atoms with E-state index in [0.29, 0.717) is 23.5 Å². The summed E-state index contributed by atoms with van der Waals surface area (Å²) in [6.45, 7) is 1.86. The van der Waals surface area contributed by atoms with Gasteiger partial charge in [-0.25, -0.2) is 0 Å². The van der Waals surface area contributed by atoms with Crippen molar-refractivity contribution >= 4 is 16.7 Å². The summed E-state index contributed by atoms with van der Waals surface area (Å²) in [5.74, 6) is 0.533. The predicted molar refractivity (Wildman–Crippen MR) is 75.1 cm³/mol. The molecule has 2 atom stereocenters. The molecule has 5 nitrogen and oxygen atoms in total. The molecule has 0 radical (unpaired) electrons. The van der Waals surface area contributed by atoms with Crippen LogP contribution in [0.25, 0.3) is 0 Å². The number of phenolic OH excluding ortho intramolecular Hbond substituents is 1. The maximum Gasteiger partial charge on any atom is 0.251 e. The first-order valence-electron chi connectivity index (χ1n) is 5.92. The average molecular weight is 285 g/mol. The fourth-order valence-corrected chi connectivity index (χ4v) is 2.24. The summed E-state index contributed by atoms with van der Waals surface area (Å²) in [5.41, 5.74) is 0.364. The van der Waals surface area contributed by atoms with Crippen LogP contribution in [-0.4, -0.2) is 40.4 Å². The molecular formula is C13H19NO4S. The Balaban J connectivity index is 2.62. The first-order chi connectivity index (χ1) is 8.93. The number of benzene rings is 1. The van der Waals surface area contributed by atoms with E-state index in [4.69, 9.17) is 4.74 Å². The third kappa shape index (κ3) is 4.90. The standard InChI is InChI=1S/C13H19NO4S/c1-9(6-7-19(3)17)14-13(16)10-4-5-12(18-2)11(15)8-10/h4-5,8-9,15H,6-7H2,1-3H3,(H,14,16). The van der Waals surface area contributed by atoms with E-state index in [1.807, 2.05) is 6.92 Å². The molecule has 1 amide bonds. The highest BCUT2D eigenvalue weighted by Crippen LogP contribution is 2.26. The molecule has 1 rings (SSSR count). The lowest BCUT2D eigenvalue weighted by Crippen LogP contribution is -2.33. The molecule has 0 heterocycles. The minimum Gasteiger partial charge on any atom is -0.504 e. The lowest BCUT2D eigenvalue weighted by molar-refractivity contribution is 0.0939. The van der Waals surface area contributed by atoms with Crippen molar-refractivity contribution in [3.63, 3.8) is 0 Å². The van der Waals surface area contributed by atoms with E-state index in [2.05, 4.69) is 5.32 Å². The summed E-state index contributed by atoms with van der Waals surface area (Å²) in [4.78, 5) is 11.9. The third-order valence-electron chi connectivity index (χ3n) is 2.66. The molecule has 0 bridgehead atoms. The van der Waals surface area contributed by atoms with Crippen LogP contribution in [0, 0.1) is 0 Å². The number of carbonyl (C=O) groups is 1. The van der Waals surface area contributed by atoms with E-state index in [1.54, 1.807) is 12.3 Å². The van der Waals surface area contributed by atoms with Gasteiger partial charge in [0.1, 0.15) is 0 Å². The molecule has 0 saturated carbocycles. The summed E-state index contributed by atoms with van der Waals surface area (Å²) < 4.78 is 15.9. The molecule has 19 heavy (non-hydrogen) atoms. The van der Waals surface area contributed by atoms with Gasteiger partial charge in [-0.3, -0.25) is 9.00 Å². The molecule has 0 aliphatic carbocycles. The van der Waals surface area contributed by atoms with Crippen LogP contribution in [0.3, 0.4) is 0 Å². The Morgan fingerprint density at radius 3 is 2.74 bits per heavy atom. The zero-order chi connectivity index (χ0) is 14.4. The number of phenols is 1. The van der Waals surface area contributed by atoms with Gasteiger partial charge in [-0.2, -0.15) is 0 Å². The van der Waals surface area contributed by atoms with Crippen LogP contribution in [0.1, 0.15) is 23.7 Å². The summed E-state index contributed by atoms with van der Waals surface area (Å²) >= 11 is 0. The molecule has 1 aromatic rings. The fourth-order valence-electron chi connectivity index (χ4n) is 1.55. The molecule has 6 heteroatoms. The second-order valence-corrected chi connectivity index (χ2v) is 5.88. The number of hydrogen-bond acceptors (Lipinski definition) is 4. The number of nitrogens with one attached hydrogen (secondary N) is 1. The van der Waals surface area contributed by atoms with Gasteiger partial charge >= 0.3 is 0 Å². The highest BCUT2D eigenvalue weighted by atomic mass is 32.2. The minimum absolute atomic E-state index is 0.0688. The smallest absolute Gasteiger partial charge is 0.251 e. The Morgan fingerprint density at radius 1 is 1.53 bits per heavy atom. The summed E-state index contributed by atoms with van der Waals surface area (Å²) in [7, 11) is 0.585. The predicted octanol–water partition coefficient (Wildman–Crippen LogP) is 1.29. The van der Waals surface area contributed by atoms with Crippen molar-refractivity contribution in [1.82, 2.24) is 5.32 Å². The van der Waals surface area contributed by atoms with E-state index < -0.39 is 10.8 Å². The van der Waals surface area contributed by atoms with Gasteiger partial charge in [-0.15, -0.1) is 0 Å². The Hall–Kier alpha value is -1.56. The van der Waals surface area contributed by atoms with E-state index in [9.17, 15) is 14.1 Å². The van der Waals surface area contributed by atoms with Gasteiger partial charge in [0.15, 0.2) is 11.5 Å². The molecule has 2 N–H and O–H groups in total. The fraction of sp³-hybridized carbons (Fsp3) is 0.462. The van der Waals surface area contributed by atoms with Crippen LogP contribution in [0.5, 0.6) is 11.5 Å². The summed E-state index contributed by atoms with van der Waals surface area (Å²) in [5, 5.41) is 12.4. The molecule has 0 fully saturated rings. The Morgan fingerprint density at radius 2 is 2.21 bits per heavy atom. The van der Waals surface area contributed by atoms with Gasteiger partial charge in [0, 0.05) is 34.4 Å². The van der Waals surface area contributed by atoms with Crippen molar-refractivity contribution in [2.24, 2.45) is 0 Å². The van der Waals surface area contributed by atoms with Gasteiger partial charge in [0.05, 0.1) is 7.11 Å². The van der Waals surface area contributed by atoms with Crippen LogP contribution < -0.4 is 10.1 Å². The van der Waals surface area contributed by atoms with Crippen LogP contribution in [0.4, 0.5) is 0 Å². The topological polar surface area (TPSA) is 75.6 Å². The quantitative estimate of drug-likeness (QED) is 0.826. The van der Waals surface area contributed by atoms with Gasteiger partial charge < -0.3 is 15.2 Å². The molecule has 2 unspecified atom stereocenters. The molecule has 0 aromatic heterocycles. The molecular weight excluding hydrogens is 266 g/mol. The normalized spacial score (nSPS) is 13.6. The molecule has 106 valence electrons. The lowest BCUT2D eigenvalue weighted by Gasteiger charge is -2.13. The molecule has 0 spiro atoms. The largest absolute Gasteiger partial charge is 0.504 e. The highest BCUT2D eigenvalue weighted by Gasteiger charge is 2.12. The zero-order valence-electron chi connectivity index (χ0n) is 11.3. The Bertz CT molecular complexity index is 476. The van der Waals surface area contributed by atoms with Gasteiger partial charge in [0.25, 0.3) is 5.91 Å². The number of ether oxygens (including phenoxy) is 1. The van der Waals surface area contributed by atoms with Crippen LogP contribution in [0.15, 0.2) is 18.2 Å². The van der Waals surface area contributed by atoms with Crippen molar-refractivity contribution in [3.05, 3.63) is 23.8 Å². The Labute approximate surface area is 115 Å². The number of methoxy groups -OCH3 is 1. The number of aromatic hydroxyl groups is 1. The average Bonchev–Trinajstić information content (AvgIpc) is 2.36. The van der Waals surface area contributed by atoms with E-state index in [-0.39, 0.29) is 17.7 Å². The van der Waals surface area contributed by atoms with E-state index in [1.165, 1.54) is 19.2 Å². The monoisotopic (exact) mass is 285 g/mol. The first-order valence-corrected chi connectivity index (χ1v) is 7.64. The van der Waals surface area contributed by atoms with E-state index in [0.717, 1.165) is 0 Å². The molecule has 0 saturated heterocycles. The number of amides is 1. The third-order valence-corrected chi connectivity index (χ3v) is 3.47. The Kier molecular flexibility index (Phi) is 5.82. The van der Waals surface area contributed by atoms with Gasteiger partial charge in [0.2, 0.25) is 0 Å².